The van der Waals surface area contributed by atoms with Crippen LogP contribution in [0.1, 0.15) is 23.9 Å². The van der Waals surface area contributed by atoms with E-state index in [4.69, 9.17) is 11.6 Å². The number of aryl methyl sites for hydroxylation is 2. The number of aromatic nitrogens is 2. The fourth-order valence-electron chi connectivity index (χ4n) is 2.71. The molecule has 6 heteroatoms. The van der Waals surface area contributed by atoms with Crippen molar-refractivity contribution in [3.63, 3.8) is 0 Å². The van der Waals surface area contributed by atoms with Crippen LogP contribution in [0.2, 0.25) is 0 Å². The second kappa shape index (κ2) is 5.05. The molecule has 1 aromatic carbocycles. The molecule has 1 N–H and O–H groups in total. The third-order valence-corrected chi connectivity index (χ3v) is 3.87. The van der Waals surface area contributed by atoms with Crippen LogP contribution >= 0.6 is 11.6 Å². The van der Waals surface area contributed by atoms with Crippen molar-refractivity contribution in [3.8, 4) is 0 Å². The van der Waals surface area contributed by atoms with Crippen molar-refractivity contribution < 1.29 is 9.18 Å². The van der Waals surface area contributed by atoms with Crippen molar-refractivity contribution in [3.05, 3.63) is 29.3 Å². The summed E-state index contributed by atoms with van der Waals surface area (Å²) in [6, 6.07) is 3.26. The van der Waals surface area contributed by atoms with E-state index < -0.39 is 0 Å². The number of hydrogen-bond donors (Lipinski definition) is 1. The first-order valence-corrected chi connectivity index (χ1v) is 7.13. The highest BCUT2D eigenvalue weighted by atomic mass is 35.5. The number of amides is 1. The minimum absolute atomic E-state index is 0.0237. The Morgan fingerprint density at radius 1 is 1.55 bits per heavy atom. The molecule has 1 atom stereocenters. The van der Waals surface area contributed by atoms with E-state index in [0.29, 0.717) is 36.3 Å². The van der Waals surface area contributed by atoms with E-state index in [0.717, 1.165) is 11.3 Å². The van der Waals surface area contributed by atoms with Crippen molar-refractivity contribution in [1.82, 2.24) is 14.9 Å². The molecule has 1 fully saturated rings. The number of rotatable bonds is 3. The van der Waals surface area contributed by atoms with E-state index in [2.05, 4.69) is 10.3 Å². The van der Waals surface area contributed by atoms with Crippen LogP contribution in [0.5, 0.6) is 0 Å². The Kier molecular flexibility index (Phi) is 3.38. The Bertz CT molecular complexity index is 683. The summed E-state index contributed by atoms with van der Waals surface area (Å²) in [6.07, 6.45) is 1.03. The van der Waals surface area contributed by atoms with Crippen molar-refractivity contribution in [2.75, 3.05) is 12.4 Å². The topological polar surface area (TPSA) is 46.9 Å². The van der Waals surface area contributed by atoms with Gasteiger partial charge in [0, 0.05) is 31.3 Å². The predicted molar refractivity (Wildman–Crippen MR) is 75.5 cm³/mol. The first-order valence-electron chi connectivity index (χ1n) is 6.59. The molecular weight excluding hydrogens is 281 g/mol. The molecule has 1 amide bonds. The summed E-state index contributed by atoms with van der Waals surface area (Å²) in [5.41, 5.74) is 2.06. The predicted octanol–water partition coefficient (Wildman–Crippen LogP) is 2.33. The van der Waals surface area contributed by atoms with Gasteiger partial charge in [-0.25, -0.2) is 9.37 Å². The maximum Gasteiger partial charge on any atom is 0.222 e. The maximum absolute atomic E-state index is 13.7. The van der Waals surface area contributed by atoms with E-state index in [1.54, 1.807) is 13.0 Å². The SMILES string of the molecule is Cc1cc2c(cc1F)nc(CCCl)n2C1CNC(=O)C1. The highest BCUT2D eigenvalue weighted by Crippen LogP contribution is 2.27. The van der Waals surface area contributed by atoms with Crippen molar-refractivity contribution in [2.24, 2.45) is 0 Å². The van der Waals surface area contributed by atoms with Gasteiger partial charge in [0.15, 0.2) is 0 Å². The average Bonchev–Trinajstić information content (AvgIpc) is 2.94. The van der Waals surface area contributed by atoms with E-state index in [9.17, 15) is 9.18 Å². The van der Waals surface area contributed by atoms with Crippen LogP contribution in [0.4, 0.5) is 4.39 Å². The number of benzene rings is 1. The number of imidazole rings is 1. The zero-order valence-electron chi connectivity index (χ0n) is 11.1. The zero-order chi connectivity index (χ0) is 14.3. The first-order chi connectivity index (χ1) is 9.60. The van der Waals surface area contributed by atoms with Gasteiger partial charge in [0.25, 0.3) is 0 Å². The Labute approximate surface area is 120 Å². The van der Waals surface area contributed by atoms with Gasteiger partial charge >= 0.3 is 0 Å². The van der Waals surface area contributed by atoms with Crippen LogP contribution in [0, 0.1) is 12.7 Å². The Hall–Kier alpha value is -1.62. The lowest BCUT2D eigenvalue weighted by Crippen LogP contribution is -2.17. The van der Waals surface area contributed by atoms with Gasteiger partial charge in [0.2, 0.25) is 5.91 Å². The van der Waals surface area contributed by atoms with Crippen LogP contribution in [-0.2, 0) is 11.2 Å². The van der Waals surface area contributed by atoms with Crippen molar-refractivity contribution in [2.45, 2.75) is 25.8 Å². The van der Waals surface area contributed by atoms with Crippen LogP contribution in [-0.4, -0.2) is 27.9 Å². The molecule has 0 bridgehead atoms. The van der Waals surface area contributed by atoms with E-state index in [-0.39, 0.29) is 17.8 Å². The van der Waals surface area contributed by atoms with Crippen LogP contribution in [0.25, 0.3) is 11.0 Å². The number of fused-ring (bicyclic) bond motifs is 1. The standard InChI is InChI=1S/C14H15ClFN3O/c1-8-4-12-11(6-10(8)16)18-13(2-3-15)19(12)9-5-14(20)17-7-9/h4,6,9H,2-3,5,7H2,1H3,(H,17,20). The lowest BCUT2D eigenvalue weighted by atomic mass is 10.2. The van der Waals surface area contributed by atoms with E-state index in [1.165, 1.54) is 6.07 Å². The number of nitrogens with one attached hydrogen (secondary N) is 1. The molecule has 1 aromatic heterocycles. The van der Waals surface area contributed by atoms with Gasteiger partial charge in [-0.3, -0.25) is 4.79 Å². The molecule has 0 saturated carbocycles. The molecule has 2 aromatic rings. The summed E-state index contributed by atoms with van der Waals surface area (Å²) >= 11 is 5.82. The van der Waals surface area contributed by atoms with E-state index in [1.807, 2.05) is 4.57 Å². The van der Waals surface area contributed by atoms with Crippen molar-refractivity contribution >= 4 is 28.5 Å². The molecule has 0 radical (unpaired) electrons. The number of alkyl halides is 1. The van der Waals surface area contributed by atoms with Gasteiger partial charge in [-0.15, -0.1) is 11.6 Å². The third-order valence-electron chi connectivity index (χ3n) is 3.68. The summed E-state index contributed by atoms with van der Waals surface area (Å²) in [4.78, 5) is 15.9. The quantitative estimate of drug-likeness (QED) is 0.884. The Morgan fingerprint density at radius 3 is 3.00 bits per heavy atom. The number of carbonyl (C=O) groups excluding carboxylic acids is 1. The van der Waals surface area contributed by atoms with Gasteiger partial charge < -0.3 is 9.88 Å². The summed E-state index contributed by atoms with van der Waals surface area (Å²) in [5, 5.41) is 2.82. The van der Waals surface area contributed by atoms with Gasteiger partial charge in [-0.1, -0.05) is 0 Å². The number of hydrogen-bond acceptors (Lipinski definition) is 2. The zero-order valence-corrected chi connectivity index (χ0v) is 11.9. The Balaban J connectivity index is 2.17. The summed E-state index contributed by atoms with van der Waals surface area (Å²) in [5.74, 6) is 1.02. The first kappa shape index (κ1) is 13.4. The molecule has 0 aliphatic carbocycles. The number of halogens is 2. The van der Waals surface area contributed by atoms with Gasteiger partial charge in [0.1, 0.15) is 11.6 Å². The highest BCUT2D eigenvalue weighted by Gasteiger charge is 2.27. The average molecular weight is 296 g/mol. The largest absolute Gasteiger partial charge is 0.354 e. The molecule has 1 aliphatic heterocycles. The smallest absolute Gasteiger partial charge is 0.222 e. The van der Waals surface area contributed by atoms with Gasteiger partial charge in [-0.05, 0) is 18.6 Å². The van der Waals surface area contributed by atoms with E-state index >= 15 is 0 Å². The van der Waals surface area contributed by atoms with Crippen LogP contribution in [0.15, 0.2) is 12.1 Å². The second-order valence-corrected chi connectivity index (χ2v) is 5.47. The highest BCUT2D eigenvalue weighted by molar-refractivity contribution is 6.17. The van der Waals surface area contributed by atoms with Crippen LogP contribution < -0.4 is 5.32 Å². The molecule has 20 heavy (non-hydrogen) atoms. The van der Waals surface area contributed by atoms with Gasteiger partial charge in [0.05, 0.1) is 17.1 Å². The fraction of sp³-hybridized carbons (Fsp3) is 0.429. The second-order valence-electron chi connectivity index (χ2n) is 5.09. The number of carbonyl (C=O) groups is 1. The number of nitrogens with zero attached hydrogens (tertiary/aromatic N) is 2. The minimum Gasteiger partial charge on any atom is -0.354 e. The molecule has 106 valence electrons. The fourth-order valence-corrected chi connectivity index (χ4v) is 2.88. The molecule has 0 spiro atoms. The molecular formula is C14H15ClFN3O. The lowest BCUT2D eigenvalue weighted by molar-refractivity contribution is -0.119. The van der Waals surface area contributed by atoms with Crippen LogP contribution in [0.3, 0.4) is 0 Å². The minimum atomic E-state index is -0.264. The molecule has 4 nitrogen and oxygen atoms in total. The molecule has 2 heterocycles. The molecule has 1 unspecified atom stereocenters. The summed E-state index contributed by atoms with van der Waals surface area (Å²) in [7, 11) is 0. The molecule has 3 rings (SSSR count). The molecule has 1 saturated heterocycles. The summed E-state index contributed by atoms with van der Waals surface area (Å²) < 4.78 is 15.7. The normalized spacial score (nSPS) is 18.8. The van der Waals surface area contributed by atoms with Gasteiger partial charge in [-0.2, -0.15) is 0 Å². The monoisotopic (exact) mass is 295 g/mol. The molecule has 1 aliphatic rings. The Morgan fingerprint density at radius 2 is 2.35 bits per heavy atom. The maximum atomic E-state index is 13.7. The van der Waals surface area contributed by atoms with Crippen molar-refractivity contribution in [1.29, 1.82) is 0 Å². The third kappa shape index (κ3) is 2.16. The summed E-state index contributed by atoms with van der Waals surface area (Å²) in [6.45, 7) is 2.31. The lowest BCUT2D eigenvalue weighted by Gasteiger charge is -2.14.